The van der Waals surface area contributed by atoms with Gasteiger partial charge in [-0.25, -0.2) is 0 Å². The molecule has 1 heterocycles. The molecule has 11 heteroatoms. The first kappa shape index (κ1) is 32.0. The van der Waals surface area contributed by atoms with Crippen LogP contribution in [0.4, 0.5) is 0 Å². The molecule has 11 atom stereocenters. The molecule has 1 aliphatic heterocycles. The summed E-state index contributed by atoms with van der Waals surface area (Å²) in [5, 5.41) is 33.8. The van der Waals surface area contributed by atoms with Gasteiger partial charge in [-0.05, 0) is 57.8 Å². The van der Waals surface area contributed by atoms with Crippen LogP contribution in [0.5, 0.6) is 0 Å². The van der Waals surface area contributed by atoms with Crippen molar-refractivity contribution in [2.75, 3.05) is 54.9 Å². The van der Waals surface area contributed by atoms with Crippen LogP contribution in [0.1, 0.15) is 65.7 Å². The lowest BCUT2D eigenvalue weighted by Gasteiger charge is -2.71. The molecular formula is C30H52O11. The fourth-order valence-electron chi connectivity index (χ4n) is 10.1. The first-order valence-corrected chi connectivity index (χ1v) is 15.1. The smallest absolute Gasteiger partial charge is 0.163 e. The third-order valence-electron chi connectivity index (χ3n) is 11.6. The van der Waals surface area contributed by atoms with E-state index >= 15 is 0 Å². The molecule has 0 aromatic carbocycles. The second-order valence-corrected chi connectivity index (χ2v) is 13.7. The van der Waals surface area contributed by atoms with E-state index in [1.165, 1.54) is 0 Å². The average Bonchev–Trinajstić information content (AvgIpc) is 3.24. The molecule has 5 aliphatic rings. The zero-order valence-electron chi connectivity index (χ0n) is 25.6. The van der Waals surface area contributed by atoms with E-state index in [1.54, 1.807) is 21.3 Å². The SMILES string of the molecule is COCO[C@H]1C[C@H]2OC(C)(C)OC[C@]23C2C(CC[C@]3(O)C1)[C@@]1(OCOC)CC[C@H](C(O)CO)[C@@]1(C)C[C@H]2OCOC. The van der Waals surface area contributed by atoms with E-state index in [-0.39, 0.29) is 63.1 Å². The Bertz CT molecular complexity index is 904. The molecule has 0 radical (unpaired) electrons. The largest absolute Gasteiger partial charge is 0.394 e. The quantitative estimate of drug-likeness (QED) is 0.307. The number of ether oxygens (including phenoxy) is 8. The topological polar surface area (TPSA) is 135 Å². The zero-order chi connectivity index (χ0) is 29.7. The molecule has 5 rings (SSSR count). The van der Waals surface area contributed by atoms with Crippen LogP contribution >= 0.6 is 0 Å². The molecule has 0 aromatic rings. The van der Waals surface area contributed by atoms with Crippen LogP contribution in [0.3, 0.4) is 0 Å². The van der Waals surface area contributed by atoms with Crippen LogP contribution in [-0.4, -0.2) is 112 Å². The summed E-state index contributed by atoms with van der Waals surface area (Å²) in [5.74, 6) is -1.27. The van der Waals surface area contributed by atoms with Gasteiger partial charge in [0.1, 0.15) is 20.4 Å². The first-order chi connectivity index (χ1) is 19.5. The third-order valence-corrected chi connectivity index (χ3v) is 11.6. The van der Waals surface area contributed by atoms with Gasteiger partial charge in [0.05, 0.1) is 54.2 Å². The highest BCUT2D eigenvalue weighted by atomic mass is 16.7. The molecule has 0 bridgehead atoms. The van der Waals surface area contributed by atoms with E-state index in [0.29, 0.717) is 51.6 Å². The van der Waals surface area contributed by atoms with E-state index in [1.807, 2.05) is 13.8 Å². The van der Waals surface area contributed by atoms with Gasteiger partial charge in [-0.2, -0.15) is 0 Å². The summed E-state index contributed by atoms with van der Waals surface area (Å²) in [6.45, 7) is 6.34. The number of aliphatic hydroxyl groups excluding tert-OH is 2. The number of hydrogen-bond donors (Lipinski definition) is 3. The lowest BCUT2D eigenvalue weighted by Crippen LogP contribution is -2.78. The number of fused-ring (bicyclic) bond motifs is 3. The first-order valence-electron chi connectivity index (χ1n) is 15.1. The van der Waals surface area contributed by atoms with Crippen molar-refractivity contribution in [3.05, 3.63) is 0 Å². The second-order valence-electron chi connectivity index (χ2n) is 13.7. The van der Waals surface area contributed by atoms with E-state index < -0.39 is 33.9 Å². The van der Waals surface area contributed by atoms with Crippen molar-refractivity contribution < 1.29 is 53.2 Å². The molecule has 1 saturated heterocycles. The van der Waals surface area contributed by atoms with Crippen molar-refractivity contribution in [3.63, 3.8) is 0 Å². The lowest BCUT2D eigenvalue weighted by atomic mass is 9.40. The van der Waals surface area contributed by atoms with Crippen molar-refractivity contribution in [1.29, 1.82) is 0 Å². The fraction of sp³-hybridized carbons (Fsp3) is 1.00. The molecule has 4 saturated carbocycles. The Kier molecular flexibility index (Phi) is 9.21. The Balaban J connectivity index is 1.64. The van der Waals surface area contributed by atoms with E-state index in [2.05, 4.69) is 6.92 Å². The van der Waals surface area contributed by atoms with Gasteiger partial charge in [0.15, 0.2) is 5.79 Å². The minimum Gasteiger partial charge on any atom is -0.394 e. The van der Waals surface area contributed by atoms with Crippen LogP contribution in [0.2, 0.25) is 0 Å². The lowest BCUT2D eigenvalue weighted by molar-refractivity contribution is -0.409. The maximum atomic E-state index is 12.7. The second kappa shape index (κ2) is 11.8. The molecule has 238 valence electrons. The molecule has 5 fully saturated rings. The van der Waals surface area contributed by atoms with Crippen LogP contribution in [0.15, 0.2) is 0 Å². The number of hydrogen-bond acceptors (Lipinski definition) is 11. The standard InChI is InChI=1S/C30H52O11/c1-26(2)39-15-29-24(41-26)11-19(37-16-34-4)12-28(29,33)9-7-21-25(29)23(38-17-35-5)13-27(3)20(22(32)14-31)8-10-30(21,27)40-18-36-6/h19-25,31-33H,7-18H2,1-6H3/t19-,20+,21?,22?,23+,24+,25?,27+,28-,29+,30-/m0/s1. The van der Waals surface area contributed by atoms with Gasteiger partial charge in [-0.1, -0.05) is 6.92 Å². The Morgan fingerprint density at radius 1 is 0.927 bits per heavy atom. The van der Waals surface area contributed by atoms with Gasteiger partial charge in [0.2, 0.25) is 0 Å². The van der Waals surface area contributed by atoms with Gasteiger partial charge in [0.25, 0.3) is 0 Å². The molecule has 1 spiro atoms. The fourth-order valence-corrected chi connectivity index (χ4v) is 10.1. The highest BCUT2D eigenvalue weighted by molar-refractivity contribution is 5.26. The van der Waals surface area contributed by atoms with E-state index in [0.717, 1.165) is 0 Å². The molecule has 3 N–H and O–H groups in total. The van der Waals surface area contributed by atoms with Gasteiger partial charge < -0.3 is 53.2 Å². The predicted molar refractivity (Wildman–Crippen MR) is 145 cm³/mol. The highest BCUT2D eigenvalue weighted by Gasteiger charge is 2.78. The monoisotopic (exact) mass is 588 g/mol. The van der Waals surface area contributed by atoms with E-state index in [4.69, 9.17) is 37.9 Å². The predicted octanol–water partition coefficient (Wildman–Crippen LogP) is 2.19. The van der Waals surface area contributed by atoms with Gasteiger partial charge in [-0.15, -0.1) is 0 Å². The molecular weight excluding hydrogens is 536 g/mol. The van der Waals surface area contributed by atoms with Crippen molar-refractivity contribution in [1.82, 2.24) is 0 Å². The van der Waals surface area contributed by atoms with E-state index in [9.17, 15) is 15.3 Å². The summed E-state index contributed by atoms with van der Waals surface area (Å²) >= 11 is 0. The Morgan fingerprint density at radius 2 is 1.63 bits per heavy atom. The van der Waals surface area contributed by atoms with Crippen LogP contribution < -0.4 is 0 Å². The maximum absolute atomic E-state index is 12.7. The van der Waals surface area contributed by atoms with Crippen LogP contribution in [-0.2, 0) is 37.9 Å². The summed E-state index contributed by atoms with van der Waals surface area (Å²) in [7, 11) is 4.82. The van der Waals surface area contributed by atoms with Gasteiger partial charge >= 0.3 is 0 Å². The Labute approximate surface area is 244 Å². The van der Waals surface area contributed by atoms with Crippen molar-refractivity contribution in [2.24, 2.45) is 28.6 Å². The van der Waals surface area contributed by atoms with Gasteiger partial charge in [0, 0.05) is 45.5 Å². The maximum Gasteiger partial charge on any atom is 0.163 e. The van der Waals surface area contributed by atoms with Crippen molar-refractivity contribution in [2.45, 2.75) is 107 Å². The molecule has 4 aliphatic carbocycles. The number of rotatable bonds is 11. The molecule has 0 amide bonds. The number of methoxy groups -OCH3 is 3. The summed E-state index contributed by atoms with van der Waals surface area (Å²) < 4.78 is 48.7. The average molecular weight is 589 g/mol. The summed E-state index contributed by atoms with van der Waals surface area (Å²) in [5.41, 5.74) is -3.13. The number of aliphatic hydroxyl groups is 3. The molecule has 0 aromatic heterocycles. The normalized spacial score (nSPS) is 47.6. The minimum atomic E-state index is -1.14. The van der Waals surface area contributed by atoms with Crippen molar-refractivity contribution >= 4 is 0 Å². The van der Waals surface area contributed by atoms with Gasteiger partial charge in [-0.3, -0.25) is 0 Å². The highest BCUT2D eigenvalue weighted by Crippen LogP contribution is 2.72. The Hall–Kier alpha value is -0.440. The molecule has 11 nitrogen and oxygen atoms in total. The molecule has 41 heavy (non-hydrogen) atoms. The molecule has 3 unspecified atom stereocenters. The van der Waals surface area contributed by atoms with Crippen LogP contribution in [0, 0.1) is 28.6 Å². The third kappa shape index (κ3) is 4.91. The summed E-state index contributed by atoms with van der Waals surface area (Å²) in [4.78, 5) is 0. The summed E-state index contributed by atoms with van der Waals surface area (Å²) in [6, 6.07) is 0. The minimum absolute atomic E-state index is 0.0539. The van der Waals surface area contributed by atoms with Crippen LogP contribution in [0.25, 0.3) is 0 Å². The zero-order valence-corrected chi connectivity index (χ0v) is 25.6. The Morgan fingerprint density at radius 3 is 2.32 bits per heavy atom. The summed E-state index contributed by atoms with van der Waals surface area (Å²) in [6.07, 6.45) is 2.39. The van der Waals surface area contributed by atoms with Crippen molar-refractivity contribution in [3.8, 4) is 0 Å².